The topological polar surface area (TPSA) is 74.6 Å². The summed E-state index contributed by atoms with van der Waals surface area (Å²) < 4.78 is 5.08. The summed E-state index contributed by atoms with van der Waals surface area (Å²) in [6.07, 6.45) is 9.99. The average molecular weight is 407 g/mol. The van der Waals surface area contributed by atoms with Crippen LogP contribution in [0.25, 0.3) is 0 Å². The summed E-state index contributed by atoms with van der Waals surface area (Å²) in [5.41, 5.74) is 0. The summed E-state index contributed by atoms with van der Waals surface area (Å²) in [5.74, 6) is -2.51. The summed E-state index contributed by atoms with van der Waals surface area (Å²) in [5, 5.41) is 15.6. The van der Waals surface area contributed by atoms with Gasteiger partial charge in [0, 0.05) is 12.2 Å². The van der Waals surface area contributed by atoms with Crippen LogP contribution in [-0.4, -0.2) is 41.9 Å². The first-order valence-corrected chi connectivity index (χ1v) is 15.1. The molecule has 0 aliphatic heterocycles. The number of carbonyl (C=O) groups is 2. The number of carboxylic acids is 2. The zero-order valence-corrected chi connectivity index (χ0v) is 17.1. The SMILES string of the molecule is CCC[CH2][SnH]([CH2]CCC)[CH2]CCC.O=C(O)/C=C\C(=O)O. The summed E-state index contributed by atoms with van der Waals surface area (Å²) in [6.45, 7) is 7.01. The van der Waals surface area contributed by atoms with Crippen LogP contribution in [0.3, 0.4) is 0 Å². The molecule has 5 heteroatoms. The van der Waals surface area contributed by atoms with Crippen molar-refractivity contribution in [3.63, 3.8) is 0 Å². The molecule has 0 aliphatic carbocycles. The van der Waals surface area contributed by atoms with Gasteiger partial charge in [-0.25, -0.2) is 9.59 Å². The Bertz CT molecular complexity index is 255. The molecule has 0 saturated heterocycles. The van der Waals surface area contributed by atoms with E-state index in [1.165, 1.54) is 38.5 Å². The molecule has 0 unspecified atom stereocenters. The predicted octanol–water partition coefficient (Wildman–Crippen LogP) is 4.33. The second-order valence-corrected chi connectivity index (χ2v) is 15.2. The zero-order chi connectivity index (χ0) is 16.5. The van der Waals surface area contributed by atoms with Crippen LogP contribution >= 0.6 is 0 Å². The monoisotopic (exact) mass is 408 g/mol. The Morgan fingerprint density at radius 2 is 1.05 bits per heavy atom. The maximum absolute atomic E-state index is 9.55. The van der Waals surface area contributed by atoms with Gasteiger partial charge in [0.1, 0.15) is 0 Å². The fourth-order valence-electron chi connectivity index (χ4n) is 2.05. The molecular weight excluding hydrogens is 375 g/mol. The van der Waals surface area contributed by atoms with E-state index in [2.05, 4.69) is 20.8 Å². The Morgan fingerprint density at radius 3 is 1.24 bits per heavy atom. The van der Waals surface area contributed by atoms with Crippen LogP contribution in [0.15, 0.2) is 12.2 Å². The van der Waals surface area contributed by atoms with E-state index in [1.54, 1.807) is 13.3 Å². The quantitative estimate of drug-likeness (QED) is 0.395. The van der Waals surface area contributed by atoms with Crippen LogP contribution in [0.2, 0.25) is 13.3 Å². The van der Waals surface area contributed by atoms with E-state index >= 15 is 0 Å². The van der Waals surface area contributed by atoms with E-state index in [4.69, 9.17) is 10.2 Å². The molecular formula is C16H32O4Sn. The molecule has 0 aromatic carbocycles. The molecule has 124 valence electrons. The molecule has 0 aromatic heterocycles. The minimum atomic E-state index is -1.26. The number of unbranched alkanes of at least 4 members (excludes halogenated alkanes) is 3. The van der Waals surface area contributed by atoms with Crippen LogP contribution in [0.5, 0.6) is 0 Å². The van der Waals surface area contributed by atoms with Gasteiger partial charge in [0.15, 0.2) is 0 Å². The second-order valence-electron chi connectivity index (χ2n) is 5.30. The van der Waals surface area contributed by atoms with Gasteiger partial charge in [-0.15, -0.1) is 0 Å². The molecule has 0 spiro atoms. The van der Waals surface area contributed by atoms with Gasteiger partial charge in [-0.2, -0.15) is 0 Å². The number of rotatable bonds is 11. The van der Waals surface area contributed by atoms with Crippen molar-refractivity contribution in [1.82, 2.24) is 0 Å². The Hall–Kier alpha value is -0.521. The maximum atomic E-state index is 9.55. The second kappa shape index (κ2) is 17.5. The first-order valence-electron chi connectivity index (χ1n) is 8.11. The fraction of sp³-hybridized carbons (Fsp3) is 0.750. The first-order chi connectivity index (χ1) is 9.97. The van der Waals surface area contributed by atoms with Crippen molar-refractivity contribution in [3.05, 3.63) is 12.2 Å². The van der Waals surface area contributed by atoms with Gasteiger partial charge in [0.25, 0.3) is 0 Å². The van der Waals surface area contributed by atoms with E-state index in [1.807, 2.05) is 0 Å². The van der Waals surface area contributed by atoms with Crippen molar-refractivity contribution in [2.75, 3.05) is 0 Å². The Labute approximate surface area is 136 Å². The molecule has 0 saturated carbocycles. The standard InChI is InChI=1S/C4H4O4.3C4H9.Sn.H/c5-3(6)1-2-4(7)8;3*1-3-4-2;;/h1-2H,(H,5,6)(H,7,8);3*1,3-4H2,2H3;;/b2-1-;;;;;. The molecule has 0 fully saturated rings. The van der Waals surface area contributed by atoms with Crippen LogP contribution in [0.4, 0.5) is 0 Å². The average Bonchev–Trinajstić information content (AvgIpc) is 2.45. The van der Waals surface area contributed by atoms with Crippen LogP contribution in [0, 0.1) is 0 Å². The Morgan fingerprint density at radius 1 is 0.762 bits per heavy atom. The van der Waals surface area contributed by atoms with Gasteiger partial charge >= 0.3 is 104 Å². The van der Waals surface area contributed by atoms with Gasteiger partial charge in [-0.3, -0.25) is 0 Å². The molecule has 0 bridgehead atoms. The van der Waals surface area contributed by atoms with Gasteiger partial charge in [0.05, 0.1) is 0 Å². The molecule has 21 heavy (non-hydrogen) atoms. The van der Waals surface area contributed by atoms with E-state index < -0.39 is 31.7 Å². The van der Waals surface area contributed by atoms with Crippen LogP contribution in [0.1, 0.15) is 59.3 Å². The fourth-order valence-corrected chi connectivity index (χ4v) is 13.0. The van der Waals surface area contributed by atoms with Gasteiger partial charge < -0.3 is 10.2 Å². The van der Waals surface area contributed by atoms with Crippen molar-refractivity contribution < 1.29 is 19.8 Å². The van der Waals surface area contributed by atoms with Crippen LogP contribution in [-0.2, 0) is 9.59 Å². The molecule has 0 radical (unpaired) electrons. The minimum absolute atomic E-state index is 0.558. The molecule has 0 aliphatic rings. The third kappa shape index (κ3) is 21.9. The van der Waals surface area contributed by atoms with E-state index in [-0.39, 0.29) is 0 Å². The zero-order valence-electron chi connectivity index (χ0n) is 13.8. The third-order valence-electron chi connectivity index (χ3n) is 3.27. The third-order valence-corrected chi connectivity index (χ3v) is 13.8. The number of hydrogen-bond donors (Lipinski definition) is 2. The summed E-state index contributed by atoms with van der Waals surface area (Å²) in [6, 6.07) is 0. The van der Waals surface area contributed by atoms with Gasteiger partial charge in [-0.05, 0) is 0 Å². The molecule has 0 atom stereocenters. The Kier molecular flexibility index (Phi) is 19.0. The summed E-state index contributed by atoms with van der Waals surface area (Å²) >= 11 is -0.967. The molecule has 4 nitrogen and oxygen atoms in total. The molecule has 0 amide bonds. The van der Waals surface area contributed by atoms with Crippen molar-refractivity contribution in [2.24, 2.45) is 0 Å². The van der Waals surface area contributed by atoms with Crippen molar-refractivity contribution in [1.29, 1.82) is 0 Å². The van der Waals surface area contributed by atoms with Gasteiger partial charge in [-0.1, -0.05) is 0 Å². The summed E-state index contributed by atoms with van der Waals surface area (Å²) in [7, 11) is 0. The van der Waals surface area contributed by atoms with Gasteiger partial charge in [0.2, 0.25) is 0 Å². The normalized spacial score (nSPS) is 10.5. The number of carboxylic acid groups (broad SMARTS) is 2. The first kappa shape index (κ1) is 22.8. The minimum Gasteiger partial charge on any atom is -0.478 e. The van der Waals surface area contributed by atoms with E-state index in [0.29, 0.717) is 12.2 Å². The Balaban J connectivity index is 0. The van der Waals surface area contributed by atoms with Crippen molar-refractivity contribution in [3.8, 4) is 0 Å². The summed E-state index contributed by atoms with van der Waals surface area (Å²) in [4.78, 5) is 19.1. The molecule has 0 aromatic rings. The molecule has 0 rings (SSSR count). The van der Waals surface area contributed by atoms with E-state index in [0.717, 1.165) is 0 Å². The molecule has 2 N–H and O–H groups in total. The predicted molar refractivity (Wildman–Crippen MR) is 90.7 cm³/mol. The van der Waals surface area contributed by atoms with Crippen LogP contribution < -0.4 is 0 Å². The largest absolute Gasteiger partial charge is 0.478 e. The number of hydrogen-bond acceptors (Lipinski definition) is 2. The van der Waals surface area contributed by atoms with Crippen molar-refractivity contribution in [2.45, 2.75) is 72.6 Å². The molecule has 0 heterocycles. The number of aliphatic carboxylic acids is 2. The van der Waals surface area contributed by atoms with Crippen molar-refractivity contribution >= 4 is 31.7 Å². The maximum Gasteiger partial charge on any atom is 0.328 e. The van der Waals surface area contributed by atoms with E-state index in [9.17, 15) is 9.59 Å². The smallest absolute Gasteiger partial charge is 0.328 e.